The van der Waals surface area contributed by atoms with Gasteiger partial charge in [0, 0.05) is 36.8 Å². The monoisotopic (exact) mass is 277 g/mol. The largest absolute Gasteiger partial charge is 0.393 e. The zero-order valence-electron chi connectivity index (χ0n) is 12.4. The molecular formula is C15H23N3O2. The highest BCUT2D eigenvalue weighted by Crippen LogP contribution is 2.22. The number of amides is 1. The van der Waals surface area contributed by atoms with Gasteiger partial charge in [0.1, 0.15) is 5.82 Å². The van der Waals surface area contributed by atoms with Gasteiger partial charge in [-0.25, -0.2) is 4.98 Å². The zero-order valence-corrected chi connectivity index (χ0v) is 12.4. The maximum atomic E-state index is 12.5. The summed E-state index contributed by atoms with van der Waals surface area (Å²) in [4.78, 5) is 18.7. The Balaban J connectivity index is 2.13. The average molecular weight is 277 g/mol. The number of aliphatic hydroxyl groups excluding tert-OH is 1. The van der Waals surface area contributed by atoms with Gasteiger partial charge in [0.15, 0.2) is 0 Å². The Labute approximate surface area is 120 Å². The summed E-state index contributed by atoms with van der Waals surface area (Å²) in [6.07, 6.45) is 0.511. The fraction of sp³-hybridized carbons (Fsp3) is 0.600. The van der Waals surface area contributed by atoms with Gasteiger partial charge in [-0.1, -0.05) is 0 Å². The van der Waals surface area contributed by atoms with E-state index in [2.05, 4.69) is 10.3 Å². The first kappa shape index (κ1) is 14.8. The van der Waals surface area contributed by atoms with Gasteiger partial charge in [-0.2, -0.15) is 0 Å². The Kier molecular flexibility index (Phi) is 4.60. The average Bonchev–Trinajstić information content (AvgIpc) is 2.87. The smallest absolute Gasteiger partial charge is 0.254 e. The molecule has 1 amide bonds. The first-order chi connectivity index (χ1) is 9.51. The van der Waals surface area contributed by atoms with Gasteiger partial charge in [-0.15, -0.1) is 0 Å². The summed E-state index contributed by atoms with van der Waals surface area (Å²) < 4.78 is 0. The number of pyridine rings is 1. The molecule has 5 nitrogen and oxygen atoms in total. The third kappa shape index (κ3) is 3.28. The van der Waals surface area contributed by atoms with Gasteiger partial charge < -0.3 is 15.3 Å². The summed E-state index contributed by atoms with van der Waals surface area (Å²) in [5.41, 5.74) is 1.50. The molecule has 20 heavy (non-hydrogen) atoms. The normalized spacial score (nSPS) is 20.0. The van der Waals surface area contributed by atoms with Crippen molar-refractivity contribution in [2.24, 2.45) is 5.92 Å². The molecule has 0 saturated carbocycles. The number of carbonyl (C=O) groups excluding carboxylic acids is 1. The summed E-state index contributed by atoms with van der Waals surface area (Å²) in [5, 5.41) is 12.8. The van der Waals surface area contributed by atoms with Crippen molar-refractivity contribution >= 4 is 11.7 Å². The van der Waals surface area contributed by atoms with Crippen LogP contribution in [0.1, 0.15) is 36.3 Å². The van der Waals surface area contributed by atoms with Crippen molar-refractivity contribution in [2.45, 2.75) is 33.3 Å². The third-order valence-electron chi connectivity index (χ3n) is 3.75. The number of anilines is 1. The van der Waals surface area contributed by atoms with E-state index in [9.17, 15) is 9.90 Å². The van der Waals surface area contributed by atoms with E-state index in [1.165, 1.54) is 0 Å². The number of nitrogens with one attached hydrogen (secondary N) is 1. The molecule has 1 fully saturated rings. The molecule has 0 radical (unpaired) electrons. The van der Waals surface area contributed by atoms with E-state index in [4.69, 9.17) is 0 Å². The fourth-order valence-electron chi connectivity index (χ4n) is 2.61. The van der Waals surface area contributed by atoms with Gasteiger partial charge in [0.2, 0.25) is 0 Å². The van der Waals surface area contributed by atoms with Crippen LogP contribution in [0, 0.1) is 12.8 Å². The quantitative estimate of drug-likeness (QED) is 0.878. The van der Waals surface area contributed by atoms with Gasteiger partial charge in [-0.05, 0) is 39.3 Å². The number of carbonyl (C=O) groups is 1. The Bertz CT molecular complexity index is 488. The summed E-state index contributed by atoms with van der Waals surface area (Å²) in [5.74, 6) is 0.954. The molecule has 0 spiro atoms. The first-order valence-corrected chi connectivity index (χ1v) is 7.21. The van der Waals surface area contributed by atoms with Crippen LogP contribution in [-0.4, -0.2) is 46.6 Å². The molecule has 2 rings (SSSR count). The summed E-state index contributed by atoms with van der Waals surface area (Å²) in [6, 6.07) is 3.62. The standard InChI is InChI=1S/C15H23N3O2/c1-4-16-14-8-13(7-10(2)17-14)15(20)18-6-5-12(9-18)11(3)19/h7-8,11-12,19H,4-6,9H2,1-3H3,(H,16,17). The molecular weight excluding hydrogens is 254 g/mol. The molecule has 2 unspecified atom stereocenters. The molecule has 1 aliphatic rings. The Morgan fingerprint density at radius 1 is 1.60 bits per heavy atom. The predicted octanol–water partition coefficient (Wildman–Crippen LogP) is 1.66. The molecule has 110 valence electrons. The Morgan fingerprint density at radius 2 is 2.35 bits per heavy atom. The van der Waals surface area contributed by atoms with E-state index in [1.54, 1.807) is 13.0 Å². The van der Waals surface area contributed by atoms with Crippen molar-refractivity contribution in [3.63, 3.8) is 0 Å². The fourth-order valence-corrected chi connectivity index (χ4v) is 2.61. The molecule has 1 aromatic rings. The van der Waals surface area contributed by atoms with E-state index in [0.717, 1.165) is 24.5 Å². The van der Waals surface area contributed by atoms with Gasteiger partial charge in [-0.3, -0.25) is 4.79 Å². The highest BCUT2D eigenvalue weighted by molar-refractivity contribution is 5.95. The van der Waals surface area contributed by atoms with E-state index in [-0.39, 0.29) is 17.9 Å². The summed E-state index contributed by atoms with van der Waals surface area (Å²) >= 11 is 0. The van der Waals surface area contributed by atoms with Crippen LogP contribution in [-0.2, 0) is 0 Å². The predicted molar refractivity (Wildman–Crippen MR) is 78.8 cm³/mol. The minimum atomic E-state index is -0.357. The zero-order chi connectivity index (χ0) is 14.7. The molecule has 1 aliphatic heterocycles. The number of hydrogen-bond acceptors (Lipinski definition) is 4. The van der Waals surface area contributed by atoms with E-state index >= 15 is 0 Å². The van der Waals surface area contributed by atoms with Crippen molar-refractivity contribution in [3.05, 3.63) is 23.4 Å². The lowest BCUT2D eigenvalue weighted by Crippen LogP contribution is -2.30. The van der Waals surface area contributed by atoms with Crippen LogP contribution in [0.4, 0.5) is 5.82 Å². The maximum Gasteiger partial charge on any atom is 0.254 e. The Morgan fingerprint density at radius 3 is 2.95 bits per heavy atom. The second-order valence-electron chi connectivity index (χ2n) is 5.45. The van der Waals surface area contributed by atoms with Crippen LogP contribution in [0.2, 0.25) is 0 Å². The first-order valence-electron chi connectivity index (χ1n) is 7.21. The molecule has 0 aromatic carbocycles. The van der Waals surface area contributed by atoms with Crippen molar-refractivity contribution in [3.8, 4) is 0 Å². The molecule has 2 heterocycles. The van der Waals surface area contributed by atoms with Crippen molar-refractivity contribution < 1.29 is 9.90 Å². The van der Waals surface area contributed by atoms with Crippen LogP contribution in [0.5, 0.6) is 0 Å². The molecule has 2 N–H and O–H groups in total. The lowest BCUT2D eigenvalue weighted by atomic mass is 10.0. The maximum absolute atomic E-state index is 12.5. The summed E-state index contributed by atoms with van der Waals surface area (Å²) in [6.45, 7) is 7.80. The van der Waals surface area contributed by atoms with Crippen LogP contribution in [0.3, 0.4) is 0 Å². The van der Waals surface area contributed by atoms with Crippen LogP contribution in [0.25, 0.3) is 0 Å². The lowest BCUT2D eigenvalue weighted by Gasteiger charge is -2.18. The highest BCUT2D eigenvalue weighted by atomic mass is 16.3. The van der Waals surface area contributed by atoms with Gasteiger partial charge >= 0.3 is 0 Å². The molecule has 1 saturated heterocycles. The Hall–Kier alpha value is -1.62. The third-order valence-corrected chi connectivity index (χ3v) is 3.75. The minimum absolute atomic E-state index is 0.0257. The van der Waals surface area contributed by atoms with Gasteiger partial charge in [0.05, 0.1) is 6.10 Å². The number of rotatable bonds is 4. The minimum Gasteiger partial charge on any atom is -0.393 e. The van der Waals surface area contributed by atoms with Crippen molar-refractivity contribution in [1.82, 2.24) is 9.88 Å². The van der Waals surface area contributed by atoms with Crippen LogP contribution < -0.4 is 5.32 Å². The molecule has 1 aromatic heterocycles. The molecule has 0 aliphatic carbocycles. The highest BCUT2D eigenvalue weighted by Gasteiger charge is 2.29. The number of nitrogens with zero attached hydrogens (tertiary/aromatic N) is 2. The SMILES string of the molecule is CCNc1cc(C(=O)N2CCC(C(C)O)C2)cc(C)n1. The molecule has 2 atom stereocenters. The number of aromatic nitrogens is 1. The number of hydrogen-bond donors (Lipinski definition) is 2. The number of aliphatic hydroxyl groups is 1. The van der Waals surface area contributed by atoms with E-state index < -0.39 is 0 Å². The van der Waals surface area contributed by atoms with Crippen molar-refractivity contribution in [2.75, 3.05) is 25.0 Å². The molecule has 5 heteroatoms. The number of likely N-dealkylation sites (tertiary alicyclic amines) is 1. The number of aryl methyl sites for hydroxylation is 1. The van der Waals surface area contributed by atoms with Crippen LogP contribution >= 0.6 is 0 Å². The van der Waals surface area contributed by atoms with E-state index in [0.29, 0.717) is 18.7 Å². The molecule has 0 bridgehead atoms. The van der Waals surface area contributed by atoms with Crippen LogP contribution in [0.15, 0.2) is 12.1 Å². The van der Waals surface area contributed by atoms with E-state index in [1.807, 2.05) is 24.8 Å². The summed E-state index contributed by atoms with van der Waals surface area (Å²) in [7, 11) is 0. The van der Waals surface area contributed by atoms with Crippen molar-refractivity contribution in [1.29, 1.82) is 0 Å². The van der Waals surface area contributed by atoms with Gasteiger partial charge in [0.25, 0.3) is 5.91 Å². The second-order valence-corrected chi connectivity index (χ2v) is 5.45. The lowest BCUT2D eigenvalue weighted by molar-refractivity contribution is 0.0762. The topological polar surface area (TPSA) is 65.5 Å². The second kappa shape index (κ2) is 6.22.